The van der Waals surface area contributed by atoms with Crippen LogP contribution in [0.5, 0.6) is 11.6 Å². The number of hydrogen-bond acceptors (Lipinski definition) is 4. The fourth-order valence-electron chi connectivity index (χ4n) is 1.97. The van der Waals surface area contributed by atoms with Crippen molar-refractivity contribution in [2.75, 3.05) is 0 Å². The maximum absolute atomic E-state index is 5.80. The van der Waals surface area contributed by atoms with Crippen molar-refractivity contribution in [3.8, 4) is 11.6 Å². The molecule has 2 N–H and O–H groups in total. The Labute approximate surface area is 110 Å². The van der Waals surface area contributed by atoms with E-state index in [0.717, 1.165) is 16.5 Å². The number of benzene rings is 1. The zero-order valence-electron chi connectivity index (χ0n) is 10.6. The van der Waals surface area contributed by atoms with E-state index < -0.39 is 0 Å². The molecule has 5 heteroatoms. The van der Waals surface area contributed by atoms with Gasteiger partial charge in [-0.2, -0.15) is 5.10 Å². The van der Waals surface area contributed by atoms with E-state index >= 15 is 0 Å². The average molecular weight is 254 g/mol. The molecule has 3 rings (SSSR count). The van der Waals surface area contributed by atoms with Crippen LogP contribution in [0.2, 0.25) is 0 Å². The lowest BCUT2D eigenvalue weighted by atomic mass is 10.1. The number of nitrogens with two attached hydrogens (primary N) is 1. The third-order valence-corrected chi connectivity index (χ3v) is 2.86. The first kappa shape index (κ1) is 11.7. The first-order valence-corrected chi connectivity index (χ1v) is 6.01. The molecule has 2 heterocycles. The van der Waals surface area contributed by atoms with Gasteiger partial charge in [0.1, 0.15) is 0 Å². The Morgan fingerprint density at radius 3 is 2.89 bits per heavy atom. The van der Waals surface area contributed by atoms with E-state index in [1.807, 2.05) is 37.4 Å². The number of fused-ring (bicyclic) bond motifs is 1. The molecular weight excluding hydrogens is 240 g/mol. The molecule has 0 bridgehead atoms. The highest BCUT2D eigenvalue weighted by Crippen LogP contribution is 2.28. The van der Waals surface area contributed by atoms with Crippen molar-refractivity contribution in [2.45, 2.75) is 6.54 Å². The molecule has 96 valence electrons. The summed E-state index contributed by atoms with van der Waals surface area (Å²) in [5, 5.41) is 6.10. The fraction of sp³-hybridized carbons (Fsp3) is 0.143. The standard InChI is InChI=1S/C14H14N4O/c1-18-9-12(8-16-18)19-14-13-5-3-2-4-10(13)6-11(7-15)17-14/h2-6,8-9H,7,15H2,1H3. The third kappa shape index (κ3) is 2.28. The van der Waals surface area contributed by atoms with Gasteiger partial charge in [0.2, 0.25) is 5.88 Å². The minimum absolute atomic E-state index is 0.383. The van der Waals surface area contributed by atoms with E-state index in [-0.39, 0.29) is 0 Å². The molecule has 0 spiro atoms. The van der Waals surface area contributed by atoms with Crippen LogP contribution in [0.15, 0.2) is 42.7 Å². The smallest absolute Gasteiger partial charge is 0.227 e. The average Bonchev–Trinajstić information content (AvgIpc) is 2.84. The lowest BCUT2D eigenvalue weighted by molar-refractivity contribution is 0.466. The second-order valence-corrected chi connectivity index (χ2v) is 4.30. The van der Waals surface area contributed by atoms with Crippen LogP contribution in [0.4, 0.5) is 0 Å². The van der Waals surface area contributed by atoms with E-state index in [0.29, 0.717) is 18.2 Å². The molecule has 0 atom stereocenters. The van der Waals surface area contributed by atoms with Gasteiger partial charge < -0.3 is 10.5 Å². The number of aryl methyl sites for hydroxylation is 1. The third-order valence-electron chi connectivity index (χ3n) is 2.86. The lowest BCUT2D eigenvalue weighted by Gasteiger charge is -2.08. The Balaban J connectivity index is 2.10. The van der Waals surface area contributed by atoms with E-state index in [1.54, 1.807) is 17.1 Å². The molecule has 0 aliphatic rings. The molecular formula is C14H14N4O. The van der Waals surface area contributed by atoms with Crippen molar-refractivity contribution in [1.82, 2.24) is 14.8 Å². The topological polar surface area (TPSA) is 66.0 Å². The Bertz CT molecular complexity index is 720. The molecule has 5 nitrogen and oxygen atoms in total. The van der Waals surface area contributed by atoms with Crippen molar-refractivity contribution >= 4 is 10.8 Å². The molecule has 0 aliphatic carbocycles. The number of pyridine rings is 1. The van der Waals surface area contributed by atoms with Crippen LogP contribution in [-0.4, -0.2) is 14.8 Å². The van der Waals surface area contributed by atoms with Crippen LogP contribution in [0.3, 0.4) is 0 Å². The van der Waals surface area contributed by atoms with Gasteiger partial charge in [-0.15, -0.1) is 0 Å². The summed E-state index contributed by atoms with van der Waals surface area (Å²) < 4.78 is 7.49. The summed E-state index contributed by atoms with van der Waals surface area (Å²) in [6, 6.07) is 9.92. The fourth-order valence-corrected chi connectivity index (χ4v) is 1.97. The zero-order valence-corrected chi connectivity index (χ0v) is 10.6. The van der Waals surface area contributed by atoms with Gasteiger partial charge in [0.05, 0.1) is 18.1 Å². The zero-order chi connectivity index (χ0) is 13.2. The summed E-state index contributed by atoms with van der Waals surface area (Å²) >= 11 is 0. The molecule has 0 unspecified atom stereocenters. The highest BCUT2D eigenvalue weighted by atomic mass is 16.5. The minimum Gasteiger partial charge on any atom is -0.435 e. The summed E-state index contributed by atoms with van der Waals surface area (Å²) in [4.78, 5) is 4.44. The van der Waals surface area contributed by atoms with E-state index in [2.05, 4.69) is 10.1 Å². The van der Waals surface area contributed by atoms with Gasteiger partial charge in [0, 0.05) is 19.0 Å². The quantitative estimate of drug-likeness (QED) is 0.778. The second kappa shape index (κ2) is 4.70. The van der Waals surface area contributed by atoms with Crippen LogP contribution in [-0.2, 0) is 13.6 Å². The van der Waals surface area contributed by atoms with Crippen LogP contribution >= 0.6 is 0 Å². The Hall–Kier alpha value is -2.40. The number of nitrogens with zero attached hydrogens (tertiary/aromatic N) is 3. The molecule has 0 amide bonds. The molecule has 19 heavy (non-hydrogen) atoms. The van der Waals surface area contributed by atoms with Crippen molar-refractivity contribution in [3.63, 3.8) is 0 Å². The van der Waals surface area contributed by atoms with Crippen molar-refractivity contribution in [1.29, 1.82) is 0 Å². The van der Waals surface area contributed by atoms with Crippen LogP contribution in [0.25, 0.3) is 10.8 Å². The second-order valence-electron chi connectivity index (χ2n) is 4.30. The van der Waals surface area contributed by atoms with Crippen LogP contribution in [0.1, 0.15) is 5.69 Å². The molecule has 0 saturated heterocycles. The number of hydrogen-bond donors (Lipinski definition) is 1. The molecule has 3 aromatic rings. The Morgan fingerprint density at radius 2 is 2.16 bits per heavy atom. The highest BCUT2D eigenvalue weighted by molar-refractivity contribution is 5.87. The molecule has 2 aromatic heterocycles. The molecule has 0 fully saturated rings. The molecule has 0 saturated carbocycles. The van der Waals surface area contributed by atoms with E-state index in [4.69, 9.17) is 10.5 Å². The largest absolute Gasteiger partial charge is 0.435 e. The summed E-state index contributed by atoms with van der Waals surface area (Å²) in [6.07, 6.45) is 3.46. The Morgan fingerprint density at radius 1 is 1.32 bits per heavy atom. The minimum atomic E-state index is 0.383. The highest BCUT2D eigenvalue weighted by Gasteiger charge is 2.08. The normalized spacial score (nSPS) is 10.8. The first-order valence-electron chi connectivity index (χ1n) is 6.01. The monoisotopic (exact) mass is 254 g/mol. The van der Waals surface area contributed by atoms with Crippen LogP contribution in [0, 0.1) is 0 Å². The van der Waals surface area contributed by atoms with Gasteiger partial charge in [-0.1, -0.05) is 18.2 Å². The number of rotatable bonds is 3. The van der Waals surface area contributed by atoms with E-state index in [1.165, 1.54) is 0 Å². The molecule has 0 radical (unpaired) electrons. The lowest BCUT2D eigenvalue weighted by Crippen LogP contribution is -2.01. The predicted molar refractivity (Wildman–Crippen MR) is 72.9 cm³/mol. The van der Waals surface area contributed by atoms with Crippen molar-refractivity contribution in [2.24, 2.45) is 12.8 Å². The molecule has 1 aromatic carbocycles. The summed E-state index contributed by atoms with van der Waals surface area (Å²) in [5.74, 6) is 1.22. The van der Waals surface area contributed by atoms with Gasteiger partial charge >= 0.3 is 0 Å². The Kier molecular flexibility index (Phi) is 2.89. The molecule has 0 aliphatic heterocycles. The van der Waals surface area contributed by atoms with E-state index in [9.17, 15) is 0 Å². The summed E-state index contributed by atoms with van der Waals surface area (Å²) in [5.41, 5.74) is 6.48. The van der Waals surface area contributed by atoms with Gasteiger partial charge in [-0.3, -0.25) is 4.68 Å². The first-order chi connectivity index (χ1) is 9.26. The van der Waals surface area contributed by atoms with Crippen molar-refractivity contribution in [3.05, 3.63) is 48.4 Å². The van der Waals surface area contributed by atoms with Gasteiger partial charge in [0.25, 0.3) is 0 Å². The summed E-state index contributed by atoms with van der Waals surface area (Å²) in [6.45, 7) is 0.383. The van der Waals surface area contributed by atoms with Gasteiger partial charge in [0.15, 0.2) is 5.75 Å². The maximum Gasteiger partial charge on any atom is 0.227 e. The predicted octanol–water partition coefficient (Wildman–Crippen LogP) is 2.22. The van der Waals surface area contributed by atoms with Crippen molar-refractivity contribution < 1.29 is 4.74 Å². The van der Waals surface area contributed by atoms with Gasteiger partial charge in [-0.25, -0.2) is 4.98 Å². The SMILES string of the molecule is Cn1cc(Oc2nc(CN)cc3ccccc23)cn1. The number of aromatic nitrogens is 3. The maximum atomic E-state index is 5.80. The number of ether oxygens (including phenoxy) is 1. The van der Waals surface area contributed by atoms with Gasteiger partial charge in [-0.05, 0) is 17.5 Å². The van der Waals surface area contributed by atoms with Crippen LogP contribution < -0.4 is 10.5 Å². The summed E-state index contributed by atoms with van der Waals surface area (Å²) in [7, 11) is 1.84.